The molecule has 1 aromatic heterocycles. The topological polar surface area (TPSA) is 75.1 Å². The molecular weight excluding hydrogens is 397 g/mol. The number of nitrogens with one attached hydrogen (secondary N) is 2. The highest BCUT2D eigenvalue weighted by atomic mass is 35.5. The summed E-state index contributed by atoms with van der Waals surface area (Å²) in [7, 11) is 0. The van der Waals surface area contributed by atoms with Crippen LogP contribution in [0.5, 0.6) is 5.75 Å². The molecule has 146 valence electrons. The Kier molecular flexibility index (Phi) is 6.19. The van der Waals surface area contributed by atoms with Gasteiger partial charge in [0.15, 0.2) is 0 Å². The zero-order valence-corrected chi connectivity index (χ0v) is 14.5. The van der Waals surface area contributed by atoms with E-state index in [1.54, 1.807) is 6.92 Å². The van der Waals surface area contributed by atoms with Crippen molar-refractivity contribution < 1.29 is 31.5 Å². The van der Waals surface area contributed by atoms with Gasteiger partial charge in [0.25, 0.3) is 5.91 Å². The van der Waals surface area contributed by atoms with Gasteiger partial charge in [-0.2, -0.15) is 22.0 Å². The Labute approximate surface area is 155 Å². The maximum atomic E-state index is 13.3. The summed E-state index contributed by atoms with van der Waals surface area (Å²) in [6.07, 6.45) is -4.56. The number of hydrogen-bond acceptors (Lipinski definition) is 4. The molecule has 2 N–H and O–H groups in total. The molecule has 0 spiro atoms. The molecule has 2 aromatic rings. The van der Waals surface area contributed by atoms with Crippen LogP contribution in [0.15, 0.2) is 18.2 Å². The Balaban J connectivity index is 2.56. The van der Waals surface area contributed by atoms with Gasteiger partial charge < -0.3 is 15.5 Å². The van der Waals surface area contributed by atoms with Crippen LogP contribution in [0.3, 0.4) is 0 Å². The maximum absolute atomic E-state index is 13.3. The highest BCUT2D eigenvalue weighted by molar-refractivity contribution is 6.35. The van der Waals surface area contributed by atoms with Crippen molar-refractivity contribution in [2.75, 3.05) is 6.54 Å². The van der Waals surface area contributed by atoms with E-state index in [1.807, 2.05) is 0 Å². The summed E-state index contributed by atoms with van der Waals surface area (Å²) >= 11 is 5.95. The lowest BCUT2D eigenvalue weighted by Crippen LogP contribution is -2.29. The summed E-state index contributed by atoms with van der Waals surface area (Å²) in [5, 5.41) is 9.24. The van der Waals surface area contributed by atoms with Gasteiger partial charge in [-0.05, 0) is 24.6 Å². The highest BCUT2D eigenvalue weighted by Crippen LogP contribution is 2.39. The van der Waals surface area contributed by atoms with E-state index < -0.39 is 41.2 Å². The number of aromatic nitrogens is 1. The molecule has 0 saturated heterocycles. The second kappa shape index (κ2) is 8.03. The van der Waals surface area contributed by atoms with Crippen LogP contribution in [-0.4, -0.2) is 29.8 Å². The average Bonchev–Trinajstić information content (AvgIpc) is 2.57. The first-order chi connectivity index (χ1) is 12.5. The third-order valence-corrected chi connectivity index (χ3v) is 3.80. The molecule has 0 unspecified atom stereocenters. The van der Waals surface area contributed by atoms with Gasteiger partial charge in [0, 0.05) is 11.1 Å². The van der Waals surface area contributed by atoms with E-state index >= 15 is 0 Å². The van der Waals surface area contributed by atoms with Gasteiger partial charge in [-0.25, -0.2) is 4.98 Å². The van der Waals surface area contributed by atoms with E-state index in [-0.39, 0.29) is 22.7 Å². The lowest BCUT2D eigenvalue weighted by Gasteiger charge is -2.15. The van der Waals surface area contributed by atoms with Crippen LogP contribution < -0.4 is 10.1 Å². The van der Waals surface area contributed by atoms with Crippen molar-refractivity contribution in [3.63, 3.8) is 0 Å². The number of halogens is 6. The van der Waals surface area contributed by atoms with Gasteiger partial charge in [0.1, 0.15) is 11.4 Å². The van der Waals surface area contributed by atoms with Crippen LogP contribution in [0.1, 0.15) is 29.4 Å². The SMILES string of the molecule is CCC(=N)CNC(=O)c1cc(Cl)c2cc(OC(F)F)cc(C(F)(F)F)c2n1. The number of ether oxygens (including phenoxy) is 1. The zero-order chi connectivity index (χ0) is 20.4. The van der Waals surface area contributed by atoms with Crippen molar-refractivity contribution in [2.24, 2.45) is 0 Å². The minimum atomic E-state index is -4.95. The fraction of sp³-hybridized carbons (Fsp3) is 0.312. The molecule has 0 aliphatic carbocycles. The summed E-state index contributed by atoms with van der Waals surface area (Å²) in [4.78, 5) is 15.8. The lowest BCUT2D eigenvalue weighted by molar-refractivity contribution is -0.136. The molecule has 1 aromatic carbocycles. The predicted molar refractivity (Wildman–Crippen MR) is 88.7 cm³/mol. The molecule has 1 heterocycles. The molecule has 1 amide bonds. The first-order valence-electron chi connectivity index (χ1n) is 7.53. The second-order valence-corrected chi connectivity index (χ2v) is 5.78. The molecule has 0 aliphatic heterocycles. The molecule has 27 heavy (non-hydrogen) atoms. The van der Waals surface area contributed by atoms with Crippen molar-refractivity contribution in [1.29, 1.82) is 5.41 Å². The van der Waals surface area contributed by atoms with Crippen molar-refractivity contribution in [3.05, 3.63) is 34.5 Å². The molecule has 0 atom stereocenters. The molecule has 0 radical (unpaired) electrons. The first kappa shape index (κ1) is 20.8. The Morgan fingerprint density at radius 1 is 1.33 bits per heavy atom. The van der Waals surface area contributed by atoms with E-state index in [0.717, 1.165) is 12.1 Å². The third-order valence-electron chi connectivity index (χ3n) is 3.49. The van der Waals surface area contributed by atoms with E-state index in [1.165, 1.54) is 0 Å². The molecule has 0 aliphatic rings. The normalized spacial score (nSPS) is 11.7. The number of fused-ring (bicyclic) bond motifs is 1. The monoisotopic (exact) mass is 409 g/mol. The van der Waals surface area contributed by atoms with Gasteiger partial charge in [-0.1, -0.05) is 18.5 Å². The van der Waals surface area contributed by atoms with Crippen LogP contribution in [0, 0.1) is 5.41 Å². The fourth-order valence-electron chi connectivity index (χ4n) is 2.17. The summed E-state index contributed by atoms with van der Waals surface area (Å²) in [6, 6.07) is 2.27. The highest BCUT2D eigenvalue weighted by Gasteiger charge is 2.35. The van der Waals surface area contributed by atoms with E-state index in [9.17, 15) is 26.7 Å². The summed E-state index contributed by atoms with van der Waals surface area (Å²) in [5.74, 6) is -1.56. The van der Waals surface area contributed by atoms with Crippen molar-refractivity contribution in [2.45, 2.75) is 26.1 Å². The van der Waals surface area contributed by atoms with Gasteiger partial charge in [-0.15, -0.1) is 0 Å². The third kappa shape index (κ3) is 5.03. The smallest absolute Gasteiger partial charge is 0.418 e. The fourth-order valence-corrected chi connectivity index (χ4v) is 2.41. The zero-order valence-electron chi connectivity index (χ0n) is 13.8. The Hall–Kier alpha value is -2.49. The Morgan fingerprint density at radius 2 is 2.00 bits per heavy atom. The van der Waals surface area contributed by atoms with Gasteiger partial charge in [0.05, 0.1) is 22.6 Å². The average molecular weight is 410 g/mol. The Morgan fingerprint density at radius 3 is 2.56 bits per heavy atom. The largest absolute Gasteiger partial charge is 0.435 e. The number of nitrogens with zero attached hydrogens (tertiary/aromatic N) is 1. The second-order valence-electron chi connectivity index (χ2n) is 5.37. The molecule has 0 bridgehead atoms. The number of hydrogen-bond donors (Lipinski definition) is 2. The van der Waals surface area contributed by atoms with Crippen LogP contribution in [-0.2, 0) is 6.18 Å². The number of carbonyl (C=O) groups is 1. The molecule has 0 fully saturated rings. The van der Waals surface area contributed by atoms with Crippen molar-refractivity contribution >= 4 is 34.1 Å². The number of amides is 1. The van der Waals surface area contributed by atoms with Crippen LogP contribution in [0.4, 0.5) is 22.0 Å². The minimum Gasteiger partial charge on any atom is -0.435 e. The van der Waals surface area contributed by atoms with Crippen molar-refractivity contribution in [1.82, 2.24) is 10.3 Å². The standard InChI is InChI=1S/C16H13ClF5N3O2/c1-2-7(23)6-24-14(26)12-5-11(17)9-3-8(27-15(18)19)4-10(13(9)25-12)16(20,21)22/h3-5,15,23H,2,6H2,1H3,(H,24,26). The van der Waals surface area contributed by atoms with Crippen LogP contribution in [0.25, 0.3) is 10.9 Å². The van der Waals surface area contributed by atoms with Gasteiger partial charge in [0.2, 0.25) is 0 Å². The van der Waals surface area contributed by atoms with E-state index in [2.05, 4.69) is 15.0 Å². The summed E-state index contributed by atoms with van der Waals surface area (Å²) in [6.45, 7) is -1.72. The lowest BCUT2D eigenvalue weighted by atomic mass is 10.1. The molecular formula is C16H13ClF5N3O2. The van der Waals surface area contributed by atoms with E-state index in [4.69, 9.17) is 17.0 Å². The summed E-state index contributed by atoms with van der Waals surface area (Å²) in [5.41, 5.74) is -2.23. The van der Waals surface area contributed by atoms with Crippen molar-refractivity contribution in [3.8, 4) is 5.75 Å². The first-order valence-corrected chi connectivity index (χ1v) is 7.91. The molecule has 5 nitrogen and oxygen atoms in total. The van der Waals surface area contributed by atoms with Gasteiger partial charge >= 0.3 is 12.8 Å². The quantitative estimate of drug-likeness (QED) is 0.538. The minimum absolute atomic E-state index is 0.0973. The van der Waals surface area contributed by atoms with Crippen LogP contribution >= 0.6 is 11.6 Å². The number of pyridine rings is 1. The predicted octanol–water partition coefficient (Wildman–Crippen LogP) is 4.67. The van der Waals surface area contributed by atoms with Crippen LogP contribution in [0.2, 0.25) is 5.02 Å². The number of alkyl halides is 5. The number of benzene rings is 1. The van der Waals surface area contributed by atoms with Gasteiger partial charge in [-0.3, -0.25) is 4.79 Å². The molecule has 11 heteroatoms. The molecule has 0 saturated carbocycles. The molecule has 2 rings (SSSR count). The maximum Gasteiger partial charge on any atom is 0.418 e. The number of carbonyl (C=O) groups excluding carboxylic acids is 1. The summed E-state index contributed by atoms with van der Waals surface area (Å²) < 4.78 is 68.8. The van der Waals surface area contributed by atoms with E-state index in [0.29, 0.717) is 12.5 Å². The Bertz CT molecular complexity index is 886. The number of rotatable bonds is 6.